The van der Waals surface area contributed by atoms with Crippen LogP contribution in [0, 0.1) is 0 Å². The molecule has 0 aromatic heterocycles. The molecule has 0 saturated heterocycles. The lowest BCUT2D eigenvalue weighted by Gasteiger charge is -2.19. The number of esters is 1. The predicted octanol–water partition coefficient (Wildman–Crippen LogP) is 2.65. The SMILES string of the molecule is CC(C)(C)OC(=O)c1ccc(CNC(=O)CBr)cc1. The molecule has 0 aliphatic heterocycles. The van der Waals surface area contributed by atoms with Crippen molar-refractivity contribution < 1.29 is 14.3 Å². The first-order valence-electron chi connectivity index (χ1n) is 5.97. The highest BCUT2D eigenvalue weighted by Gasteiger charge is 2.17. The van der Waals surface area contributed by atoms with Gasteiger partial charge in [0.15, 0.2) is 0 Å². The molecule has 0 saturated carbocycles. The molecule has 0 atom stereocenters. The summed E-state index contributed by atoms with van der Waals surface area (Å²) >= 11 is 3.07. The molecule has 1 rings (SSSR count). The van der Waals surface area contributed by atoms with E-state index in [1.165, 1.54) is 0 Å². The Kier molecular flexibility index (Phi) is 5.54. The van der Waals surface area contributed by atoms with Crippen LogP contribution in [0.3, 0.4) is 0 Å². The first-order chi connectivity index (χ1) is 8.81. The normalized spacial score (nSPS) is 10.9. The Morgan fingerprint density at radius 1 is 1.21 bits per heavy atom. The topological polar surface area (TPSA) is 55.4 Å². The van der Waals surface area contributed by atoms with Gasteiger partial charge in [-0.2, -0.15) is 0 Å². The lowest BCUT2D eigenvalue weighted by Crippen LogP contribution is -2.24. The van der Waals surface area contributed by atoms with E-state index in [0.29, 0.717) is 12.1 Å². The van der Waals surface area contributed by atoms with Crippen molar-refractivity contribution >= 4 is 27.8 Å². The number of amides is 1. The number of hydrogen-bond acceptors (Lipinski definition) is 3. The molecule has 0 heterocycles. The summed E-state index contributed by atoms with van der Waals surface area (Å²) < 4.78 is 5.26. The second-order valence-corrected chi connectivity index (χ2v) is 5.67. The highest BCUT2D eigenvalue weighted by molar-refractivity contribution is 9.09. The van der Waals surface area contributed by atoms with Crippen molar-refractivity contribution in [3.05, 3.63) is 35.4 Å². The van der Waals surface area contributed by atoms with Crippen LogP contribution >= 0.6 is 15.9 Å². The van der Waals surface area contributed by atoms with Gasteiger partial charge in [-0.15, -0.1) is 0 Å². The van der Waals surface area contributed by atoms with Gasteiger partial charge in [-0.3, -0.25) is 4.79 Å². The van der Waals surface area contributed by atoms with Crippen molar-refractivity contribution in [1.82, 2.24) is 5.32 Å². The second-order valence-electron chi connectivity index (χ2n) is 5.11. The van der Waals surface area contributed by atoms with E-state index in [9.17, 15) is 9.59 Å². The van der Waals surface area contributed by atoms with E-state index in [1.807, 2.05) is 20.8 Å². The summed E-state index contributed by atoms with van der Waals surface area (Å²) in [6.07, 6.45) is 0. The molecule has 1 aromatic rings. The molecule has 0 spiro atoms. The molecule has 1 amide bonds. The second kappa shape index (κ2) is 6.70. The Morgan fingerprint density at radius 3 is 2.26 bits per heavy atom. The van der Waals surface area contributed by atoms with Crippen LogP contribution in [0.5, 0.6) is 0 Å². The van der Waals surface area contributed by atoms with Crippen LogP contribution in [0.25, 0.3) is 0 Å². The van der Waals surface area contributed by atoms with E-state index >= 15 is 0 Å². The maximum absolute atomic E-state index is 11.8. The molecular formula is C14H18BrNO3. The van der Waals surface area contributed by atoms with E-state index in [4.69, 9.17) is 4.74 Å². The Balaban J connectivity index is 2.61. The van der Waals surface area contributed by atoms with Crippen molar-refractivity contribution in [2.75, 3.05) is 5.33 Å². The van der Waals surface area contributed by atoms with Crippen LogP contribution in [-0.4, -0.2) is 22.8 Å². The van der Waals surface area contributed by atoms with Crippen LogP contribution < -0.4 is 5.32 Å². The number of benzene rings is 1. The van der Waals surface area contributed by atoms with Crippen LogP contribution in [0.2, 0.25) is 0 Å². The lowest BCUT2D eigenvalue weighted by atomic mass is 10.1. The van der Waals surface area contributed by atoms with Gasteiger partial charge in [-0.05, 0) is 38.5 Å². The molecular weight excluding hydrogens is 310 g/mol. The van der Waals surface area contributed by atoms with Crippen LogP contribution in [0.1, 0.15) is 36.7 Å². The average Bonchev–Trinajstić information content (AvgIpc) is 2.34. The first kappa shape index (κ1) is 15.7. The highest BCUT2D eigenvalue weighted by atomic mass is 79.9. The largest absolute Gasteiger partial charge is 0.456 e. The molecule has 0 bridgehead atoms. The number of carbonyl (C=O) groups is 2. The van der Waals surface area contributed by atoms with E-state index in [2.05, 4.69) is 21.2 Å². The highest BCUT2D eigenvalue weighted by Crippen LogP contribution is 2.12. The molecule has 104 valence electrons. The molecule has 0 radical (unpaired) electrons. The van der Waals surface area contributed by atoms with Gasteiger partial charge >= 0.3 is 5.97 Å². The number of nitrogens with one attached hydrogen (secondary N) is 1. The van der Waals surface area contributed by atoms with Crippen molar-refractivity contribution in [3.8, 4) is 0 Å². The number of halogens is 1. The summed E-state index contributed by atoms with van der Waals surface area (Å²) in [7, 11) is 0. The van der Waals surface area contributed by atoms with Gasteiger partial charge in [-0.1, -0.05) is 28.1 Å². The smallest absolute Gasteiger partial charge is 0.338 e. The Labute approximate surface area is 121 Å². The predicted molar refractivity (Wildman–Crippen MR) is 77.3 cm³/mol. The molecule has 5 heteroatoms. The first-order valence-corrected chi connectivity index (χ1v) is 7.09. The summed E-state index contributed by atoms with van der Waals surface area (Å²) in [5, 5.41) is 3.01. The average molecular weight is 328 g/mol. The minimum absolute atomic E-state index is 0.0729. The molecule has 4 nitrogen and oxygen atoms in total. The summed E-state index contributed by atoms with van der Waals surface area (Å²) in [4.78, 5) is 22.9. The lowest BCUT2D eigenvalue weighted by molar-refractivity contribution is -0.118. The Morgan fingerprint density at radius 2 is 1.79 bits per heavy atom. The van der Waals surface area contributed by atoms with Crippen molar-refractivity contribution in [1.29, 1.82) is 0 Å². The third-order valence-corrected chi connectivity index (χ3v) is 2.71. The molecule has 1 N–H and O–H groups in total. The van der Waals surface area contributed by atoms with E-state index in [-0.39, 0.29) is 17.2 Å². The number of carbonyl (C=O) groups excluding carboxylic acids is 2. The number of ether oxygens (including phenoxy) is 1. The van der Waals surface area contributed by atoms with Crippen LogP contribution in [-0.2, 0) is 16.1 Å². The van der Waals surface area contributed by atoms with Crippen LogP contribution in [0.15, 0.2) is 24.3 Å². The minimum Gasteiger partial charge on any atom is -0.456 e. The summed E-state index contributed by atoms with van der Waals surface area (Å²) in [5.41, 5.74) is 0.937. The Hall–Kier alpha value is -1.36. The fraction of sp³-hybridized carbons (Fsp3) is 0.429. The van der Waals surface area contributed by atoms with Gasteiger partial charge in [0.2, 0.25) is 5.91 Å². The number of rotatable bonds is 4. The molecule has 0 aliphatic carbocycles. The molecule has 0 unspecified atom stereocenters. The van der Waals surface area contributed by atoms with Crippen molar-refractivity contribution in [3.63, 3.8) is 0 Å². The third kappa shape index (κ3) is 5.87. The summed E-state index contributed by atoms with van der Waals surface area (Å²) in [5.74, 6) is -0.417. The summed E-state index contributed by atoms with van der Waals surface area (Å²) in [6.45, 7) is 5.93. The van der Waals surface area contributed by atoms with E-state index in [0.717, 1.165) is 5.56 Å². The van der Waals surface area contributed by atoms with Gasteiger partial charge in [0.25, 0.3) is 0 Å². The van der Waals surface area contributed by atoms with E-state index in [1.54, 1.807) is 24.3 Å². The summed E-state index contributed by atoms with van der Waals surface area (Å²) in [6, 6.07) is 6.99. The maximum Gasteiger partial charge on any atom is 0.338 e. The fourth-order valence-corrected chi connectivity index (χ4v) is 1.54. The minimum atomic E-state index is -0.500. The van der Waals surface area contributed by atoms with Gasteiger partial charge in [0, 0.05) is 6.54 Å². The number of alkyl halides is 1. The third-order valence-electron chi connectivity index (χ3n) is 2.20. The maximum atomic E-state index is 11.8. The zero-order valence-corrected chi connectivity index (χ0v) is 12.9. The monoisotopic (exact) mass is 327 g/mol. The standard InChI is InChI=1S/C14H18BrNO3/c1-14(2,3)19-13(18)11-6-4-10(5-7-11)9-16-12(17)8-15/h4-7H,8-9H2,1-3H3,(H,16,17). The zero-order chi connectivity index (χ0) is 14.5. The van der Waals surface area contributed by atoms with Gasteiger partial charge < -0.3 is 10.1 Å². The van der Waals surface area contributed by atoms with E-state index < -0.39 is 5.60 Å². The molecule has 19 heavy (non-hydrogen) atoms. The van der Waals surface area contributed by atoms with Crippen molar-refractivity contribution in [2.45, 2.75) is 32.9 Å². The molecule has 0 fully saturated rings. The molecule has 0 aliphatic rings. The van der Waals surface area contributed by atoms with Gasteiger partial charge in [0.1, 0.15) is 5.60 Å². The quantitative estimate of drug-likeness (QED) is 0.683. The fourth-order valence-electron chi connectivity index (χ4n) is 1.34. The Bertz CT molecular complexity index is 449. The molecule has 1 aromatic carbocycles. The van der Waals surface area contributed by atoms with Gasteiger partial charge in [-0.25, -0.2) is 4.79 Å². The van der Waals surface area contributed by atoms with Crippen LogP contribution in [0.4, 0.5) is 0 Å². The van der Waals surface area contributed by atoms with Gasteiger partial charge in [0.05, 0.1) is 10.9 Å². The number of hydrogen-bond donors (Lipinski definition) is 1. The zero-order valence-electron chi connectivity index (χ0n) is 11.3. The van der Waals surface area contributed by atoms with Crippen molar-refractivity contribution in [2.24, 2.45) is 0 Å².